The van der Waals surface area contributed by atoms with Crippen molar-refractivity contribution in [2.24, 2.45) is 5.10 Å². The molecular formula is C13H22N4O. The van der Waals surface area contributed by atoms with Gasteiger partial charge in [0.05, 0.1) is 21.1 Å². The van der Waals surface area contributed by atoms with Gasteiger partial charge in [0, 0.05) is 30.8 Å². The predicted molar refractivity (Wildman–Crippen MR) is 70.9 cm³/mol. The summed E-state index contributed by atoms with van der Waals surface area (Å²) < 4.78 is 0.326. The Hall–Kier alpha value is -1.46. The molecule has 0 unspecified atom stereocenters. The van der Waals surface area contributed by atoms with Gasteiger partial charge in [-0.3, -0.25) is 4.98 Å². The molecule has 1 N–H and O–H groups in total. The van der Waals surface area contributed by atoms with Gasteiger partial charge >= 0.3 is 0 Å². The Kier molecular flexibility index (Phi) is 5.74. The van der Waals surface area contributed by atoms with Crippen molar-refractivity contribution < 1.29 is 9.70 Å². The monoisotopic (exact) mass is 250 g/mol. The first-order chi connectivity index (χ1) is 8.47. The summed E-state index contributed by atoms with van der Waals surface area (Å²) in [7, 11) is 5.60. The molecule has 1 rings (SSSR count). The lowest BCUT2D eigenvalue weighted by Crippen LogP contribution is -2.34. The number of rotatable bonds is 7. The van der Waals surface area contributed by atoms with Crippen LogP contribution in [-0.4, -0.2) is 49.7 Å². The van der Waals surface area contributed by atoms with Gasteiger partial charge in [-0.15, -0.1) is 5.10 Å². The molecule has 100 valence electrons. The standard InChI is InChI=1S/C13H22N4O/c1-17(2,3)16-13(18)8-11-14-10-7-12-6-4-5-9-15-12/h4-6,9,14H,7-8,10-11H2,1-3H3. The lowest BCUT2D eigenvalue weighted by atomic mass is 10.2. The zero-order valence-corrected chi connectivity index (χ0v) is 11.4. The lowest BCUT2D eigenvalue weighted by molar-refractivity contribution is -0.878. The maximum absolute atomic E-state index is 11.5. The maximum atomic E-state index is 11.5. The fourth-order valence-corrected chi connectivity index (χ4v) is 1.47. The van der Waals surface area contributed by atoms with E-state index in [4.69, 9.17) is 0 Å². The van der Waals surface area contributed by atoms with Crippen LogP contribution in [0.25, 0.3) is 0 Å². The summed E-state index contributed by atoms with van der Waals surface area (Å²) in [5.74, 6) is -0.0622. The second-order valence-corrected chi connectivity index (χ2v) is 5.01. The summed E-state index contributed by atoms with van der Waals surface area (Å²) in [6.07, 6.45) is 3.11. The fraction of sp³-hybridized carbons (Fsp3) is 0.538. The van der Waals surface area contributed by atoms with Gasteiger partial charge in [0.2, 0.25) is 0 Å². The highest BCUT2D eigenvalue weighted by Crippen LogP contribution is 1.94. The van der Waals surface area contributed by atoms with Crippen molar-refractivity contribution in [2.45, 2.75) is 12.8 Å². The number of nitrogens with zero attached hydrogens (tertiary/aromatic N) is 3. The van der Waals surface area contributed by atoms with E-state index in [-0.39, 0.29) is 5.90 Å². The van der Waals surface area contributed by atoms with Crippen molar-refractivity contribution >= 4 is 5.90 Å². The number of nitrogens with one attached hydrogen (secondary N) is 1. The lowest BCUT2D eigenvalue weighted by Gasteiger charge is -2.20. The van der Waals surface area contributed by atoms with Gasteiger partial charge in [-0.2, -0.15) is 0 Å². The second-order valence-electron chi connectivity index (χ2n) is 5.01. The van der Waals surface area contributed by atoms with E-state index in [1.807, 2.05) is 39.3 Å². The average molecular weight is 250 g/mol. The van der Waals surface area contributed by atoms with Crippen molar-refractivity contribution in [3.63, 3.8) is 0 Å². The Bertz CT molecular complexity index is 370. The molecule has 1 aromatic rings. The molecule has 0 fully saturated rings. The quantitative estimate of drug-likeness (QED) is 0.243. The van der Waals surface area contributed by atoms with Crippen LogP contribution in [0.3, 0.4) is 0 Å². The Labute approximate surface area is 109 Å². The van der Waals surface area contributed by atoms with E-state index in [1.165, 1.54) is 0 Å². The van der Waals surface area contributed by atoms with E-state index < -0.39 is 0 Å². The summed E-state index contributed by atoms with van der Waals surface area (Å²) >= 11 is 0. The third kappa shape index (κ3) is 6.98. The molecule has 0 bridgehead atoms. The van der Waals surface area contributed by atoms with Crippen molar-refractivity contribution in [1.82, 2.24) is 10.3 Å². The fourth-order valence-electron chi connectivity index (χ4n) is 1.47. The van der Waals surface area contributed by atoms with Gasteiger partial charge in [-0.1, -0.05) is 6.07 Å². The van der Waals surface area contributed by atoms with Crippen LogP contribution in [0.15, 0.2) is 29.5 Å². The zero-order chi connectivity index (χ0) is 13.4. The predicted octanol–water partition coefficient (Wildman–Crippen LogP) is -0.0162. The summed E-state index contributed by atoms with van der Waals surface area (Å²) in [5, 5.41) is 18.7. The molecule has 1 heterocycles. The first kappa shape index (κ1) is 14.6. The summed E-state index contributed by atoms with van der Waals surface area (Å²) in [4.78, 5) is 4.23. The van der Waals surface area contributed by atoms with Gasteiger partial charge in [-0.25, -0.2) is 4.59 Å². The number of pyridine rings is 1. The van der Waals surface area contributed by atoms with E-state index >= 15 is 0 Å². The van der Waals surface area contributed by atoms with Gasteiger partial charge in [0.1, 0.15) is 0 Å². The Morgan fingerprint density at radius 2 is 2.11 bits per heavy atom. The molecule has 0 aromatic carbocycles. The topological polar surface area (TPSA) is 60.3 Å². The highest BCUT2D eigenvalue weighted by Gasteiger charge is 2.02. The number of aromatic nitrogens is 1. The number of hydrogen-bond acceptors (Lipinski definition) is 4. The zero-order valence-electron chi connectivity index (χ0n) is 11.4. The van der Waals surface area contributed by atoms with Gasteiger partial charge in [-0.05, 0) is 25.1 Å². The molecule has 0 aliphatic rings. The van der Waals surface area contributed by atoms with Crippen molar-refractivity contribution in [3.05, 3.63) is 30.1 Å². The minimum absolute atomic E-state index is 0.0622. The SMILES string of the molecule is C[N+](C)(C)/N=C(/[O-])CCNCCc1ccccn1. The smallest absolute Gasteiger partial charge is 0.0923 e. The van der Waals surface area contributed by atoms with Crippen LogP contribution in [0.4, 0.5) is 0 Å². The molecule has 0 amide bonds. The Morgan fingerprint density at radius 1 is 1.33 bits per heavy atom. The molecule has 1 aromatic heterocycles. The molecule has 0 radical (unpaired) electrons. The minimum atomic E-state index is -0.0622. The van der Waals surface area contributed by atoms with Gasteiger partial charge < -0.3 is 10.4 Å². The molecule has 5 nitrogen and oxygen atoms in total. The first-order valence-electron chi connectivity index (χ1n) is 6.15. The van der Waals surface area contributed by atoms with E-state index in [0.717, 1.165) is 18.7 Å². The van der Waals surface area contributed by atoms with Crippen LogP contribution in [0.1, 0.15) is 12.1 Å². The van der Waals surface area contributed by atoms with Gasteiger partial charge in [0.25, 0.3) is 0 Å². The van der Waals surface area contributed by atoms with E-state index in [2.05, 4.69) is 15.4 Å². The number of quaternary nitrogens is 1. The molecule has 0 aliphatic carbocycles. The Morgan fingerprint density at radius 3 is 2.72 bits per heavy atom. The largest absolute Gasteiger partial charge is 0.858 e. The van der Waals surface area contributed by atoms with Crippen LogP contribution < -0.4 is 10.4 Å². The summed E-state index contributed by atoms with van der Waals surface area (Å²) in [5.41, 5.74) is 1.06. The van der Waals surface area contributed by atoms with Crippen LogP contribution in [-0.2, 0) is 6.42 Å². The van der Waals surface area contributed by atoms with E-state index in [9.17, 15) is 5.11 Å². The molecular weight excluding hydrogens is 228 g/mol. The summed E-state index contributed by atoms with van der Waals surface area (Å²) in [6.45, 7) is 1.49. The Balaban J connectivity index is 2.14. The van der Waals surface area contributed by atoms with Crippen LogP contribution >= 0.6 is 0 Å². The normalized spacial score (nSPS) is 12.7. The minimum Gasteiger partial charge on any atom is -0.858 e. The molecule has 5 heteroatoms. The molecule has 0 spiro atoms. The first-order valence-corrected chi connectivity index (χ1v) is 6.15. The van der Waals surface area contributed by atoms with Gasteiger partial charge in [0.15, 0.2) is 0 Å². The van der Waals surface area contributed by atoms with Crippen LogP contribution in [0.5, 0.6) is 0 Å². The highest BCUT2D eigenvalue weighted by molar-refractivity contribution is 5.70. The molecule has 0 atom stereocenters. The van der Waals surface area contributed by atoms with Crippen molar-refractivity contribution in [1.29, 1.82) is 0 Å². The molecule has 18 heavy (non-hydrogen) atoms. The third-order valence-electron chi connectivity index (χ3n) is 2.21. The molecule has 0 saturated heterocycles. The van der Waals surface area contributed by atoms with Crippen molar-refractivity contribution in [3.8, 4) is 0 Å². The number of hydrogen-bond donors (Lipinski definition) is 1. The molecule has 0 saturated carbocycles. The highest BCUT2D eigenvalue weighted by atomic mass is 16.3. The summed E-state index contributed by atoms with van der Waals surface area (Å²) in [6, 6.07) is 5.88. The van der Waals surface area contributed by atoms with Crippen LogP contribution in [0.2, 0.25) is 0 Å². The third-order valence-corrected chi connectivity index (χ3v) is 2.21. The average Bonchev–Trinajstić information content (AvgIpc) is 2.27. The van der Waals surface area contributed by atoms with E-state index in [0.29, 0.717) is 17.6 Å². The van der Waals surface area contributed by atoms with Crippen LogP contribution in [0, 0.1) is 0 Å². The second kappa shape index (κ2) is 7.08. The maximum Gasteiger partial charge on any atom is 0.0923 e. The van der Waals surface area contributed by atoms with Crippen molar-refractivity contribution in [2.75, 3.05) is 34.2 Å². The molecule has 0 aliphatic heterocycles. The van der Waals surface area contributed by atoms with E-state index in [1.54, 1.807) is 6.20 Å².